The molecule has 188 valence electrons. The van der Waals surface area contributed by atoms with Crippen LogP contribution in [0.25, 0.3) is 33.2 Å². The van der Waals surface area contributed by atoms with Crippen LogP contribution >= 0.6 is 0 Å². The Bertz CT molecular complexity index is 1560. The zero-order chi connectivity index (χ0) is 25.8. The van der Waals surface area contributed by atoms with Gasteiger partial charge in [-0.2, -0.15) is 5.21 Å². The molecule has 2 N–H and O–H groups in total. The van der Waals surface area contributed by atoms with E-state index in [9.17, 15) is 9.59 Å². The Morgan fingerprint density at radius 2 is 1.76 bits per heavy atom. The van der Waals surface area contributed by atoms with E-state index >= 15 is 0 Å². The number of hydrogen-bond donors (Lipinski definition) is 2. The quantitative estimate of drug-likeness (QED) is 0.297. The first-order chi connectivity index (χ1) is 18.1. The van der Waals surface area contributed by atoms with Gasteiger partial charge in [0.05, 0.1) is 20.6 Å². The standard InChI is InChI=1S/C27H26N6O4/c1-36-25(34)14-22(27(35)37-2)28-15-17-6-5-7-18(12-17)16-33-23-9-4-3-8-20(23)21-13-19(10-11-24(21)33)26-29-31-32-30-26/h3-13,22,28H,14-16H2,1-2H3,(H,29,30,31,32). The number of ether oxygens (including phenoxy) is 2. The number of nitrogens with zero attached hydrogens (tertiary/aromatic N) is 4. The monoisotopic (exact) mass is 498 g/mol. The maximum atomic E-state index is 12.1. The number of aromatic nitrogens is 5. The summed E-state index contributed by atoms with van der Waals surface area (Å²) in [6.07, 6.45) is -0.101. The molecule has 37 heavy (non-hydrogen) atoms. The lowest BCUT2D eigenvalue weighted by atomic mass is 10.1. The molecule has 0 aliphatic carbocycles. The zero-order valence-electron chi connectivity index (χ0n) is 20.5. The van der Waals surface area contributed by atoms with Crippen LogP contribution < -0.4 is 5.32 Å². The predicted molar refractivity (Wildman–Crippen MR) is 137 cm³/mol. The van der Waals surface area contributed by atoms with Gasteiger partial charge in [-0.3, -0.25) is 14.9 Å². The summed E-state index contributed by atoms with van der Waals surface area (Å²) in [6.45, 7) is 1.05. The number of esters is 2. The van der Waals surface area contributed by atoms with Gasteiger partial charge in [0, 0.05) is 40.5 Å². The third-order valence-electron chi connectivity index (χ3n) is 6.34. The number of methoxy groups -OCH3 is 2. The van der Waals surface area contributed by atoms with Crippen LogP contribution in [0, 0.1) is 0 Å². The fourth-order valence-electron chi connectivity index (χ4n) is 4.54. The lowest BCUT2D eigenvalue weighted by Crippen LogP contribution is -2.39. The first kappa shape index (κ1) is 24.1. The van der Waals surface area contributed by atoms with Gasteiger partial charge in [-0.15, -0.1) is 10.2 Å². The second-order valence-electron chi connectivity index (χ2n) is 8.63. The van der Waals surface area contributed by atoms with E-state index in [1.54, 1.807) is 0 Å². The summed E-state index contributed by atoms with van der Waals surface area (Å²) in [5.41, 5.74) is 5.20. The molecule has 0 fully saturated rings. The van der Waals surface area contributed by atoms with Gasteiger partial charge in [0.1, 0.15) is 6.04 Å². The van der Waals surface area contributed by atoms with Crippen molar-refractivity contribution in [2.24, 2.45) is 0 Å². The van der Waals surface area contributed by atoms with Crippen LogP contribution in [0.5, 0.6) is 0 Å². The molecule has 10 nitrogen and oxygen atoms in total. The topological polar surface area (TPSA) is 124 Å². The van der Waals surface area contributed by atoms with Gasteiger partial charge in [0.15, 0.2) is 0 Å². The molecule has 2 heterocycles. The average Bonchev–Trinajstić information content (AvgIpc) is 3.58. The molecule has 2 aromatic heterocycles. The molecule has 0 amide bonds. The van der Waals surface area contributed by atoms with E-state index in [-0.39, 0.29) is 6.42 Å². The number of carbonyl (C=O) groups is 2. The molecular formula is C27H26N6O4. The van der Waals surface area contributed by atoms with Crippen LogP contribution in [0.2, 0.25) is 0 Å². The van der Waals surface area contributed by atoms with Gasteiger partial charge >= 0.3 is 11.9 Å². The van der Waals surface area contributed by atoms with Gasteiger partial charge in [0.25, 0.3) is 0 Å². The minimum Gasteiger partial charge on any atom is -0.469 e. The summed E-state index contributed by atoms with van der Waals surface area (Å²) in [6, 6.07) is 21.8. The third kappa shape index (κ3) is 5.05. The van der Waals surface area contributed by atoms with Crippen molar-refractivity contribution in [1.82, 2.24) is 30.5 Å². The normalized spacial score (nSPS) is 12.1. The minimum atomic E-state index is -0.785. The second kappa shape index (κ2) is 10.6. The van der Waals surface area contributed by atoms with Crippen molar-refractivity contribution in [1.29, 1.82) is 0 Å². The summed E-state index contributed by atoms with van der Waals surface area (Å²) in [5.74, 6) is -0.436. The highest BCUT2D eigenvalue weighted by Gasteiger charge is 2.22. The van der Waals surface area contributed by atoms with Crippen molar-refractivity contribution in [3.05, 3.63) is 77.9 Å². The number of hydrogen-bond acceptors (Lipinski definition) is 8. The van der Waals surface area contributed by atoms with E-state index in [0.717, 1.165) is 38.5 Å². The molecule has 5 aromatic rings. The van der Waals surface area contributed by atoms with E-state index in [1.807, 2.05) is 30.3 Å². The molecule has 0 saturated carbocycles. The van der Waals surface area contributed by atoms with Crippen LogP contribution in [0.15, 0.2) is 66.7 Å². The largest absolute Gasteiger partial charge is 0.469 e. The molecule has 0 saturated heterocycles. The zero-order valence-corrected chi connectivity index (χ0v) is 20.5. The van der Waals surface area contributed by atoms with Gasteiger partial charge in [-0.1, -0.05) is 42.5 Å². The molecule has 3 aromatic carbocycles. The summed E-state index contributed by atoms with van der Waals surface area (Å²) < 4.78 is 11.8. The van der Waals surface area contributed by atoms with Gasteiger partial charge in [-0.25, -0.2) is 0 Å². The van der Waals surface area contributed by atoms with Gasteiger partial charge < -0.3 is 14.0 Å². The lowest BCUT2D eigenvalue weighted by molar-refractivity contribution is -0.149. The first-order valence-corrected chi connectivity index (χ1v) is 11.8. The molecule has 1 atom stereocenters. The Kier molecular flexibility index (Phi) is 6.91. The Morgan fingerprint density at radius 3 is 2.54 bits per heavy atom. The Labute approximate surface area is 212 Å². The van der Waals surface area contributed by atoms with Crippen LogP contribution in [-0.4, -0.2) is 57.4 Å². The van der Waals surface area contributed by atoms with Crippen molar-refractivity contribution < 1.29 is 19.1 Å². The number of fused-ring (bicyclic) bond motifs is 3. The van der Waals surface area contributed by atoms with Crippen LogP contribution in [0.4, 0.5) is 0 Å². The first-order valence-electron chi connectivity index (χ1n) is 11.8. The van der Waals surface area contributed by atoms with Crippen LogP contribution in [0.1, 0.15) is 17.5 Å². The number of rotatable bonds is 9. The molecule has 10 heteroatoms. The molecule has 1 unspecified atom stereocenters. The number of nitrogens with one attached hydrogen (secondary N) is 2. The molecular weight excluding hydrogens is 472 g/mol. The van der Waals surface area contributed by atoms with E-state index in [0.29, 0.717) is 18.9 Å². The fraction of sp³-hybridized carbons (Fsp3) is 0.222. The van der Waals surface area contributed by atoms with Crippen molar-refractivity contribution in [3.63, 3.8) is 0 Å². The van der Waals surface area contributed by atoms with Crippen molar-refractivity contribution in [3.8, 4) is 11.4 Å². The summed E-state index contributed by atoms with van der Waals surface area (Å²) in [5, 5.41) is 19.8. The number of aromatic amines is 1. The highest BCUT2D eigenvalue weighted by molar-refractivity contribution is 6.09. The van der Waals surface area contributed by atoms with Crippen LogP contribution in [0.3, 0.4) is 0 Å². The van der Waals surface area contributed by atoms with Crippen molar-refractivity contribution in [2.45, 2.75) is 25.6 Å². The highest BCUT2D eigenvalue weighted by atomic mass is 16.5. The third-order valence-corrected chi connectivity index (χ3v) is 6.34. The molecule has 5 rings (SSSR count). The molecule has 0 aliphatic rings. The Morgan fingerprint density at radius 1 is 0.946 bits per heavy atom. The number of carbonyl (C=O) groups excluding carboxylic acids is 2. The molecule has 0 radical (unpaired) electrons. The maximum Gasteiger partial charge on any atom is 0.323 e. The van der Waals surface area contributed by atoms with E-state index in [2.05, 4.69) is 66.9 Å². The van der Waals surface area contributed by atoms with E-state index < -0.39 is 18.0 Å². The number of tetrazole rings is 1. The van der Waals surface area contributed by atoms with Crippen molar-refractivity contribution >= 4 is 33.7 Å². The SMILES string of the molecule is COC(=O)CC(NCc1cccc(Cn2c3ccccc3c3cc(-c4nn[nH]n4)ccc32)c1)C(=O)OC. The van der Waals surface area contributed by atoms with Gasteiger partial charge in [-0.05, 0) is 40.6 Å². The van der Waals surface area contributed by atoms with E-state index in [4.69, 9.17) is 9.47 Å². The van der Waals surface area contributed by atoms with E-state index in [1.165, 1.54) is 14.2 Å². The molecule has 0 spiro atoms. The second-order valence-corrected chi connectivity index (χ2v) is 8.63. The maximum absolute atomic E-state index is 12.1. The highest BCUT2D eigenvalue weighted by Crippen LogP contribution is 2.32. The number of H-pyrrole nitrogens is 1. The fourth-order valence-corrected chi connectivity index (χ4v) is 4.54. The lowest BCUT2D eigenvalue weighted by Gasteiger charge is -2.16. The molecule has 0 aliphatic heterocycles. The minimum absolute atomic E-state index is 0.101. The van der Waals surface area contributed by atoms with Gasteiger partial charge in [0.2, 0.25) is 5.82 Å². The molecule has 0 bridgehead atoms. The Hall–Kier alpha value is -4.57. The van der Waals surface area contributed by atoms with Crippen LogP contribution in [-0.2, 0) is 32.2 Å². The predicted octanol–water partition coefficient (Wildman–Crippen LogP) is 3.22. The summed E-state index contributed by atoms with van der Waals surface area (Å²) in [4.78, 5) is 23.8. The summed E-state index contributed by atoms with van der Waals surface area (Å²) in [7, 11) is 2.59. The average molecular weight is 499 g/mol. The van der Waals surface area contributed by atoms with Crippen molar-refractivity contribution in [2.75, 3.05) is 14.2 Å². The smallest absolute Gasteiger partial charge is 0.323 e. The Balaban J connectivity index is 1.42. The number of para-hydroxylation sites is 1. The summed E-state index contributed by atoms with van der Waals surface area (Å²) >= 11 is 0. The number of benzene rings is 3.